The quantitative estimate of drug-likeness (QED) is 0.105. The van der Waals surface area contributed by atoms with Crippen molar-refractivity contribution >= 4 is 202 Å². The molecule has 30 aromatic rings. The van der Waals surface area contributed by atoms with E-state index in [9.17, 15) is 0 Å². The van der Waals surface area contributed by atoms with Gasteiger partial charge in [-0.05, 0) is 153 Å². The van der Waals surface area contributed by atoms with Crippen molar-refractivity contribution in [2.45, 2.75) is 0 Å². The zero-order valence-corrected chi connectivity index (χ0v) is 84.7. The van der Waals surface area contributed by atoms with Gasteiger partial charge in [0.15, 0.2) is 23.3 Å². The molecule has 16 heteroatoms. The van der Waals surface area contributed by atoms with E-state index in [1.165, 1.54) is 118 Å². The van der Waals surface area contributed by atoms with Crippen molar-refractivity contribution in [3.05, 3.63) is 485 Å². The Bertz CT molecular complexity index is 9890. The summed E-state index contributed by atoms with van der Waals surface area (Å²) in [6, 6.07) is 170. The van der Waals surface area contributed by atoms with Crippen molar-refractivity contribution < 1.29 is 4.42 Å². The number of rotatable bonds is 14. The number of furan rings is 1. The number of hydrogen-bond acceptors (Lipinski definition) is 16. The fourth-order valence-electron chi connectivity index (χ4n) is 19.7. The second-order valence-electron chi connectivity index (χ2n) is 36.2. The second kappa shape index (κ2) is 38.9. The first-order valence-corrected chi connectivity index (χ1v) is 54.6. The number of aromatic nitrogens is 8. The molecule has 30 rings (SSSR count). The molecule has 148 heavy (non-hydrogen) atoms. The van der Waals surface area contributed by atoms with E-state index in [-0.39, 0.29) is 0 Å². The molecule has 696 valence electrons. The summed E-state index contributed by atoms with van der Waals surface area (Å²) in [6.45, 7) is 0. The standard InChI is InChI=1S/2C36H22N2S2.C30H18N2OS.C30H18N2S2/c1-2-10-23(11-3-1)24-13-8-14-26(20-24)36-37-30(22-31(38-36)34-21-25-12-4-6-18-32(25)39-34)29-17-9-16-28-27-15-5-7-19-33(27)40-35(28)29;1-2-9-23(10-3-1)24-17-19-25(20-18-24)36-37-30(22-31(38-36)34-21-26-11-4-6-15-32(26)39-34)29-14-8-13-28-27-12-5-7-16-33(27)40-35(28)29;1-2-9-19(10-3-1)30-31-24(18-25(32-30)28-17-20-11-4-7-16-27(20)34-28)23-14-8-13-22-21-12-5-6-15-26(21)33-29(22)23;1-2-9-19(10-3-1)30-31-24(18-25(32-30)28-17-20-11-4-6-15-26(20)33-28)23-14-8-13-22-21-12-5-7-16-27(21)34-29(22)23/h2*1-22H;2*1-18H. The van der Waals surface area contributed by atoms with Gasteiger partial charge in [-0.2, -0.15) is 0 Å². The Labute approximate surface area is 879 Å². The number of hydrogen-bond donors (Lipinski definition) is 0. The molecule has 0 fully saturated rings. The van der Waals surface area contributed by atoms with Gasteiger partial charge in [0, 0.05) is 135 Å². The topological polar surface area (TPSA) is 116 Å². The summed E-state index contributed by atoms with van der Waals surface area (Å²) in [7, 11) is 0. The molecule has 0 unspecified atom stereocenters. The van der Waals surface area contributed by atoms with Crippen LogP contribution in [-0.4, -0.2) is 39.9 Å². The Kier molecular flexibility index (Phi) is 23.5. The molecular formula is C132H80N8OS7. The average Bonchev–Trinajstić information content (AvgIpc) is 1.60. The molecule has 0 amide bonds. The van der Waals surface area contributed by atoms with E-state index >= 15 is 0 Å². The second-order valence-corrected chi connectivity index (χ2v) is 43.7. The molecule has 0 saturated heterocycles. The summed E-state index contributed by atoms with van der Waals surface area (Å²) in [4.78, 5) is 45.3. The molecular weight excluding hydrogens is 1940 g/mol. The summed E-state index contributed by atoms with van der Waals surface area (Å²) in [5.41, 5.74) is 22.4. The van der Waals surface area contributed by atoms with Gasteiger partial charge in [0.2, 0.25) is 0 Å². The van der Waals surface area contributed by atoms with Gasteiger partial charge in [0.1, 0.15) is 11.2 Å². The lowest BCUT2D eigenvalue weighted by Gasteiger charge is -2.10. The Morgan fingerprint density at radius 2 is 0.399 bits per heavy atom. The summed E-state index contributed by atoms with van der Waals surface area (Å²) < 4.78 is 19.0. The number of para-hydroxylation sites is 2. The molecule has 0 aliphatic carbocycles. The molecule has 0 aliphatic rings. The van der Waals surface area contributed by atoms with E-state index in [4.69, 9.17) is 44.3 Å². The Hall–Kier alpha value is -17.4. The van der Waals surface area contributed by atoms with Crippen LogP contribution in [0.4, 0.5) is 0 Å². The van der Waals surface area contributed by atoms with Gasteiger partial charge in [-0.3, -0.25) is 0 Å². The van der Waals surface area contributed by atoms with E-state index in [2.05, 4.69) is 419 Å². The van der Waals surface area contributed by atoms with Crippen molar-refractivity contribution in [3.63, 3.8) is 0 Å². The molecule has 12 aromatic heterocycles. The molecule has 12 heterocycles. The van der Waals surface area contributed by atoms with E-state index in [1.807, 2.05) is 101 Å². The van der Waals surface area contributed by atoms with Gasteiger partial charge in [0.05, 0.1) is 65.1 Å². The lowest BCUT2D eigenvalue weighted by Crippen LogP contribution is -1.95. The van der Waals surface area contributed by atoms with Crippen molar-refractivity contribution in [2.24, 2.45) is 0 Å². The summed E-state index contributed by atoms with van der Waals surface area (Å²) in [5.74, 6) is 2.94. The van der Waals surface area contributed by atoms with E-state index in [0.717, 1.165) is 155 Å². The van der Waals surface area contributed by atoms with Crippen LogP contribution in [0, 0.1) is 0 Å². The highest BCUT2D eigenvalue weighted by molar-refractivity contribution is 7.27. The van der Waals surface area contributed by atoms with Crippen LogP contribution in [0.25, 0.3) is 278 Å². The first-order valence-electron chi connectivity index (χ1n) is 48.8. The number of fused-ring (bicyclic) bond motifs is 16. The maximum atomic E-state index is 6.32. The highest BCUT2D eigenvalue weighted by Gasteiger charge is 2.25. The minimum atomic E-state index is 0.707. The Morgan fingerprint density at radius 1 is 0.149 bits per heavy atom. The summed E-state index contributed by atoms with van der Waals surface area (Å²) in [5, 5.41) is 14.9. The zero-order valence-electron chi connectivity index (χ0n) is 79.0. The van der Waals surface area contributed by atoms with Crippen LogP contribution >= 0.6 is 79.4 Å². The van der Waals surface area contributed by atoms with Gasteiger partial charge in [-0.1, -0.05) is 376 Å². The third-order valence-electron chi connectivity index (χ3n) is 26.9. The number of benzene rings is 18. The highest BCUT2D eigenvalue weighted by Crippen LogP contribution is 2.49. The minimum Gasteiger partial charge on any atom is -0.455 e. The van der Waals surface area contributed by atoms with Crippen molar-refractivity contribution in [2.75, 3.05) is 0 Å². The fraction of sp³-hybridized carbons (Fsp3) is 0. The van der Waals surface area contributed by atoms with Crippen LogP contribution in [0.5, 0.6) is 0 Å². The summed E-state index contributed by atoms with van der Waals surface area (Å²) in [6.07, 6.45) is 0. The molecule has 0 spiro atoms. The first kappa shape index (κ1) is 89.4. The molecule has 0 bridgehead atoms. The minimum absolute atomic E-state index is 0.707. The van der Waals surface area contributed by atoms with E-state index in [1.54, 1.807) is 45.3 Å². The predicted molar refractivity (Wildman–Crippen MR) is 632 cm³/mol. The van der Waals surface area contributed by atoms with Gasteiger partial charge < -0.3 is 4.42 Å². The van der Waals surface area contributed by atoms with Gasteiger partial charge in [-0.15, -0.1) is 79.4 Å². The molecule has 0 N–H and O–H groups in total. The maximum absolute atomic E-state index is 6.32. The number of thiophene rings is 7. The molecule has 0 atom stereocenters. The van der Waals surface area contributed by atoms with Gasteiger partial charge in [0.25, 0.3) is 0 Å². The van der Waals surface area contributed by atoms with Crippen molar-refractivity contribution in [1.82, 2.24) is 39.9 Å². The van der Waals surface area contributed by atoms with E-state index < -0.39 is 0 Å². The maximum Gasteiger partial charge on any atom is 0.160 e. The molecule has 0 aliphatic heterocycles. The van der Waals surface area contributed by atoms with Crippen LogP contribution in [0.3, 0.4) is 0 Å². The Balaban J connectivity index is 0.0000000977. The lowest BCUT2D eigenvalue weighted by molar-refractivity contribution is 0.670. The fourth-order valence-corrected chi connectivity index (χ4v) is 27.4. The SMILES string of the molecule is c1ccc(-c2ccc(-c3nc(-c4cc5ccccc5s4)cc(-c4cccc5c4sc4ccccc45)n3)cc2)cc1.c1ccc(-c2cccc(-c3nc(-c4cc5ccccc5s4)cc(-c4cccc5c4sc4ccccc45)n3)c2)cc1.c1ccc(-c2nc(-c3cc4ccccc4s3)cc(-c3cccc4c3oc3ccccc34)n2)cc1.c1ccc(-c2nc(-c3cc4ccccc4s3)cc(-c3cccc4c3sc3ccccc34)n2)cc1. The van der Waals surface area contributed by atoms with Crippen molar-refractivity contribution in [1.29, 1.82) is 0 Å². The smallest absolute Gasteiger partial charge is 0.160 e. The monoisotopic (exact) mass is 2020 g/mol. The predicted octanol–water partition coefficient (Wildman–Crippen LogP) is 39.1. The van der Waals surface area contributed by atoms with Gasteiger partial charge in [-0.25, -0.2) is 39.9 Å². The third kappa shape index (κ3) is 17.4. The van der Waals surface area contributed by atoms with Crippen LogP contribution in [0.2, 0.25) is 0 Å². The van der Waals surface area contributed by atoms with Crippen molar-refractivity contribution in [3.8, 4) is 155 Å². The Morgan fingerprint density at radius 3 is 0.777 bits per heavy atom. The van der Waals surface area contributed by atoms with Crippen LogP contribution in [0.15, 0.2) is 490 Å². The lowest BCUT2D eigenvalue weighted by atomic mass is 10.0. The van der Waals surface area contributed by atoms with Crippen LogP contribution in [-0.2, 0) is 0 Å². The summed E-state index contributed by atoms with van der Waals surface area (Å²) >= 11 is 12.6. The molecule has 9 nitrogen and oxygen atoms in total. The normalized spacial score (nSPS) is 11.5. The molecule has 0 radical (unpaired) electrons. The average molecular weight is 2020 g/mol. The van der Waals surface area contributed by atoms with Crippen LogP contribution < -0.4 is 0 Å². The number of nitrogens with zero attached hydrogens (tertiary/aromatic N) is 8. The van der Waals surface area contributed by atoms with Gasteiger partial charge >= 0.3 is 0 Å². The highest BCUT2D eigenvalue weighted by atomic mass is 32.1. The third-order valence-corrected chi connectivity index (χ3v) is 35.1. The first-order chi connectivity index (χ1) is 73.3. The van der Waals surface area contributed by atoms with E-state index in [0.29, 0.717) is 5.82 Å². The van der Waals surface area contributed by atoms with Crippen LogP contribution in [0.1, 0.15) is 0 Å². The molecule has 18 aromatic carbocycles. The zero-order chi connectivity index (χ0) is 97.9. The largest absolute Gasteiger partial charge is 0.455 e. The molecule has 0 saturated carbocycles.